The summed E-state index contributed by atoms with van der Waals surface area (Å²) < 4.78 is 5.63. The summed E-state index contributed by atoms with van der Waals surface area (Å²) in [6.07, 6.45) is 0.954. The van der Waals surface area contributed by atoms with E-state index in [0.717, 1.165) is 29.1 Å². The first-order valence-electron chi connectivity index (χ1n) is 12.7. The lowest BCUT2D eigenvalue weighted by molar-refractivity contribution is -0.153. The van der Waals surface area contributed by atoms with Crippen LogP contribution in [0.1, 0.15) is 55.7 Å². The van der Waals surface area contributed by atoms with Gasteiger partial charge in [0.25, 0.3) is 0 Å². The number of rotatable bonds is 8. The molecule has 0 bridgehead atoms. The highest BCUT2D eigenvalue weighted by Crippen LogP contribution is 2.33. The number of amides is 5. The SMILES string of the molecule is CCCCN1CCN(C(=O)NC(C(=O)N[C@H]2Cc3cccc(C(C)O)c3OB2O)c2csc(N)n2)C(=O)C1=O. The number of nitrogens with zero attached hydrogens (tertiary/aromatic N) is 3. The number of imide groups is 1. The number of thiazole rings is 1. The van der Waals surface area contributed by atoms with E-state index in [9.17, 15) is 29.3 Å². The number of aliphatic hydroxyl groups is 1. The fourth-order valence-corrected chi connectivity index (χ4v) is 5.09. The molecule has 2 unspecified atom stereocenters. The number of carbonyl (C=O) groups excluding carboxylic acids is 4. The smallest absolute Gasteiger partial charge is 0.534 e. The predicted octanol–water partition coefficient (Wildman–Crippen LogP) is 0.140. The summed E-state index contributed by atoms with van der Waals surface area (Å²) in [5, 5.41) is 27.5. The molecule has 39 heavy (non-hydrogen) atoms. The number of nitrogens with two attached hydrogens (primary N) is 1. The molecule has 0 radical (unpaired) electrons. The second-order valence-electron chi connectivity index (χ2n) is 9.43. The van der Waals surface area contributed by atoms with Gasteiger partial charge in [-0.05, 0) is 25.3 Å². The number of fused-ring (bicyclic) bond motifs is 1. The second-order valence-corrected chi connectivity index (χ2v) is 10.3. The number of hydrogen-bond donors (Lipinski definition) is 5. The average Bonchev–Trinajstić information content (AvgIpc) is 3.33. The standard InChI is InChI=1S/C24H31BN6O7S/c1-3-4-8-30-9-10-31(22(35)21(30)34)24(36)29-18(16-12-39-23(26)27-16)20(33)28-17-11-14-6-5-7-15(13(2)32)19(14)38-25(17)37/h5-7,12-13,17-18,32,37H,3-4,8-11H2,1-2H3,(H2,26,27)(H,28,33)(H,29,36)/t13?,17-,18?/m0/s1. The maximum absolute atomic E-state index is 13.4. The molecule has 2 aliphatic heterocycles. The van der Waals surface area contributed by atoms with Crippen LogP contribution in [0.3, 0.4) is 0 Å². The summed E-state index contributed by atoms with van der Waals surface area (Å²) in [6.45, 7) is 4.14. The molecule has 208 valence electrons. The van der Waals surface area contributed by atoms with Crippen LogP contribution in [0.2, 0.25) is 0 Å². The van der Waals surface area contributed by atoms with E-state index in [1.807, 2.05) is 6.92 Å². The molecule has 0 aliphatic carbocycles. The normalized spacial score (nSPS) is 18.8. The molecule has 4 rings (SSSR count). The van der Waals surface area contributed by atoms with Crippen molar-refractivity contribution < 1.29 is 34.0 Å². The van der Waals surface area contributed by atoms with Crippen LogP contribution in [0.15, 0.2) is 23.6 Å². The number of nitrogens with one attached hydrogen (secondary N) is 2. The molecule has 1 aromatic carbocycles. The van der Waals surface area contributed by atoms with Crippen molar-refractivity contribution >= 4 is 47.3 Å². The Morgan fingerprint density at radius 3 is 2.74 bits per heavy atom. The Morgan fingerprint density at radius 1 is 1.31 bits per heavy atom. The molecule has 3 atom stereocenters. The van der Waals surface area contributed by atoms with Gasteiger partial charge in [-0.15, -0.1) is 11.3 Å². The van der Waals surface area contributed by atoms with Gasteiger partial charge in [0, 0.05) is 30.6 Å². The summed E-state index contributed by atoms with van der Waals surface area (Å²) in [5.74, 6) is -3.02. The Labute approximate surface area is 229 Å². The number of urea groups is 1. The minimum Gasteiger partial charge on any atom is -0.534 e. The quantitative estimate of drug-likeness (QED) is 0.222. The van der Waals surface area contributed by atoms with E-state index in [1.165, 1.54) is 10.3 Å². The topological polar surface area (TPSA) is 187 Å². The highest BCUT2D eigenvalue weighted by molar-refractivity contribution is 7.13. The molecule has 2 aliphatic rings. The first-order chi connectivity index (χ1) is 18.6. The van der Waals surface area contributed by atoms with Gasteiger partial charge in [0.15, 0.2) is 11.2 Å². The minimum atomic E-state index is -1.44. The zero-order chi connectivity index (χ0) is 28.3. The van der Waals surface area contributed by atoms with Crippen LogP contribution in [0.5, 0.6) is 5.75 Å². The van der Waals surface area contributed by atoms with Crippen molar-refractivity contribution in [3.8, 4) is 5.75 Å². The third kappa shape index (κ3) is 6.15. The zero-order valence-electron chi connectivity index (χ0n) is 21.6. The van der Waals surface area contributed by atoms with Crippen LogP contribution < -0.4 is 21.0 Å². The lowest BCUT2D eigenvalue weighted by atomic mass is 9.72. The van der Waals surface area contributed by atoms with E-state index >= 15 is 0 Å². The van der Waals surface area contributed by atoms with Gasteiger partial charge in [-0.25, -0.2) is 9.78 Å². The number of para-hydroxylation sites is 1. The number of carbonyl (C=O) groups is 4. The molecule has 2 aromatic rings. The van der Waals surface area contributed by atoms with Crippen LogP contribution in [0, 0.1) is 0 Å². The number of aromatic nitrogens is 1. The third-order valence-electron chi connectivity index (χ3n) is 6.63. The molecule has 3 heterocycles. The Hall–Kier alpha value is -3.69. The highest BCUT2D eigenvalue weighted by Gasteiger charge is 2.41. The fourth-order valence-electron chi connectivity index (χ4n) is 4.51. The van der Waals surface area contributed by atoms with E-state index in [1.54, 1.807) is 25.1 Å². The highest BCUT2D eigenvalue weighted by atomic mass is 32.1. The Kier molecular flexibility index (Phi) is 8.72. The predicted molar refractivity (Wildman–Crippen MR) is 142 cm³/mol. The fraction of sp³-hybridized carbons (Fsp3) is 0.458. The molecule has 0 saturated carbocycles. The number of anilines is 1. The van der Waals surface area contributed by atoms with Crippen molar-refractivity contribution in [2.75, 3.05) is 25.4 Å². The molecule has 5 amide bonds. The summed E-state index contributed by atoms with van der Waals surface area (Å²) in [6, 6.07) is 2.88. The van der Waals surface area contributed by atoms with Crippen LogP contribution >= 0.6 is 11.3 Å². The Balaban J connectivity index is 1.49. The lowest BCUT2D eigenvalue weighted by Gasteiger charge is -2.33. The van der Waals surface area contributed by atoms with Gasteiger partial charge in [-0.3, -0.25) is 19.3 Å². The second kappa shape index (κ2) is 12.0. The Morgan fingerprint density at radius 2 is 2.08 bits per heavy atom. The van der Waals surface area contributed by atoms with Gasteiger partial charge in [-0.2, -0.15) is 0 Å². The van der Waals surface area contributed by atoms with Crippen LogP contribution in [0.25, 0.3) is 0 Å². The number of hydrogen-bond acceptors (Lipinski definition) is 10. The van der Waals surface area contributed by atoms with Gasteiger partial charge < -0.3 is 36.1 Å². The Bertz CT molecular complexity index is 1260. The monoisotopic (exact) mass is 558 g/mol. The lowest BCUT2D eigenvalue weighted by Crippen LogP contribution is -2.60. The largest absolute Gasteiger partial charge is 0.547 e. The van der Waals surface area contributed by atoms with E-state index in [2.05, 4.69) is 15.6 Å². The first kappa shape index (κ1) is 28.3. The first-order valence-corrected chi connectivity index (χ1v) is 13.6. The molecule has 0 spiro atoms. The van der Waals surface area contributed by atoms with Crippen molar-refractivity contribution in [1.29, 1.82) is 0 Å². The number of nitrogen functional groups attached to an aromatic ring is 1. The van der Waals surface area contributed by atoms with Gasteiger partial charge in [0.05, 0.1) is 17.7 Å². The molecule has 1 saturated heterocycles. The van der Waals surface area contributed by atoms with Crippen molar-refractivity contribution in [2.45, 2.75) is 51.2 Å². The summed E-state index contributed by atoms with van der Waals surface area (Å²) in [4.78, 5) is 57.9. The van der Waals surface area contributed by atoms with Crippen LogP contribution in [-0.2, 0) is 20.8 Å². The summed E-state index contributed by atoms with van der Waals surface area (Å²) >= 11 is 1.06. The van der Waals surface area contributed by atoms with E-state index < -0.39 is 49.0 Å². The number of unbranched alkanes of at least 4 members (excludes halogenated alkanes) is 1. The molecule has 6 N–H and O–H groups in total. The van der Waals surface area contributed by atoms with Crippen molar-refractivity contribution in [3.05, 3.63) is 40.4 Å². The molecule has 15 heteroatoms. The van der Waals surface area contributed by atoms with Crippen molar-refractivity contribution in [3.63, 3.8) is 0 Å². The maximum Gasteiger partial charge on any atom is 0.547 e. The molecular formula is C24H31BN6O7S. The van der Waals surface area contributed by atoms with E-state index in [-0.39, 0.29) is 30.3 Å². The molecule has 1 aromatic heterocycles. The van der Waals surface area contributed by atoms with E-state index in [0.29, 0.717) is 23.4 Å². The van der Waals surface area contributed by atoms with Crippen molar-refractivity contribution in [2.24, 2.45) is 0 Å². The van der Waals surface area contributed by atoms with Gasteiger partial charge in [0.1, 0.15) is 5.75 Å². The third-order valence-corrected chi connectivity index (χ3v) is 7.32. The summed E-state index contributed by atoms with van der Waals surface area (Å²) in [7, 11) is -1.44. The zero-order valence-corrected chi connectivity index (χ0v) is 22.4. The van der Waals surface area contributed by atoms with Crippen LogP contribution in [0.4, 0.5) is 9.93 Å². The van der Waals surface area contributed by atoms with Gasteiger partial charge in [0.2, 0.25) is 5.91 Å². The van der Waals surface area contributed by atoms with E-state index in [4.69, 9.17) is 10.4 Å². The maximum atomic E-state index is 13.4. The van der Waals surface area contributed by atoms with Gasteiger partial charge in [-0.1, -0.05) is 31.5 Å². The van der Waals surface area contributed by atoms with Crippen LogP contribution in [-0.4, -0.2) is 81.4 Å². The molecule has 13 nitrogen and oxygen atoms in total. The number of piperazine rings is 1. The van der Waals surface area contributed by atoms with Crippen molar-refractivity contribution in [1.82, 2.24) is 25.4 Å². The molecule has 1 fully saturated rings. The number of benzene rings is 1. The van der Waals surface area contributed by atoms with Gasteiger partial charge >= 0.3 is 25.0 Å². The number of aliphatic hydroxyl groups excluding tert-OH is 1. The summed E-state index contributed by atoms with van der Waals surface area (Å²) in [5.41, 5.74) is 7.06. The average molecular weight is 558 g/mol. The molecular weight excluding hydrogens is 527 g/mol. The minimum absolute atomic E-state index is 0.0226.